The number of hydrogen-bond acceptors (Lipinski definition) is 4. The summed E-state index contributed by atoms with van der Waals surface area (Å²) in [6.45, 7) is 2.56. The maximum atomic E-state index is 11.7. The summed E-state index contributed by atoms with van der Waals surface area (Å²) in [6, 6.07) is 1.04. The molecule has 0 saturated carbocycles. The molecule has 0 bridgehead atoms. The number of rotatable bonds is 16. The molecule has 0 aromatic carbocycles. The van der Waals surface area contributed by atoms with Crippen molar-refractivity contribution < 1.29 is 9.53 Å². The van der Waals surface area contributed by atoms with Crippen molar-refractivity contribution in [2.24, 2.45) is 0 Å². The van der Waals surface area contributed by atoms with Gasteiger partial charge < -0.3 is 9.72 Å². The molecular formula is C21H36N2O4. The second-order valence-electron chi connectivity index (χ2n) is 7.23. The third-order valence-electron chi connectivity index (χ3n) is 4.71. The monoisotopic (exact) mass is 380 g/mol. The highest BCUT2D eigenvalue weighted by atomic mass is 16.5. The summed E-state index contributed by atoms with van der Waals surface area (Å²) >= 11 is 0. The van der Waals surface area contributed by atoms with Crippen LogP contribution in [0.1, 0.15) is 107 Å². The molecular weight excluding hydrogens is 344 g/mol. The van der Waals surface area contributed by atoms with Crippen LogP contribution in [-0.2, 0) is 4.74 Å². The summed E-state index contributed by atoms with van der Waals surface area (Å²) in [6.07, 6.45) is 17.8. The van der Waals surface area contributed by atoms with Crippen molar-refractivity contribution in [2.45, 2.75) is 96.8 Å². The van der Waals surface area contributed by atoms with Gasteiger partial charge in [-0.25, -0.2) is 9.59 Å². The molecule has 1 rings (SSSR count). The molecule has 0 aliphatic rings. The third kappa shape index (κ3) is 12.2. The second kappa shape index (κ2) is 15.2. The molecule has 27 heavy (non-hydrogen) atoms. The molecule has 0 aliphatic heterocycles. The number of carbonyl (C=O) groups is 1. The molecule has 0 spiro atoms. The predicted molar refractivity (Wildman–Crippen MR) is 108 cm³/mol. The molecule has 0 atom stereocenters. The maximum Gasteiger partial charge on any atom is 0.355 e. The zero-order valence-electron chi connectivity index (χ0n) is 16.8. The lowest BCUT2D eigenvalue weighted by Gasteiger charge is -2.05. The lowest BCUT2D eigenvalue weighted by Crippen LogP contribution is -2.25. The van der Waals surface area contributed by atoms with Gasteiger partial charge in [-0.05, 0) is 6.42 Å². The number of aromatic amines is 2. The summed E-state index contributed by atoms with van der Waals surface area (Å²) in [5.41, 5.74) is -1.41. The van der Waals surface area contributed by atoms with Gasteiger partial charge in [0.15, 0.2) is 0 Å². The molecule has 2 N–H and O–H groups in total. The molecule has 1 aromatic heterocycles. The molecule has 6 nitrogen and oxygen atoms in total. The highest BCUT2D eigenvalue weighted by Crippen LogP contribution is 2.13. The Morgan fingerprint density at radius 1 is 0.778 bits per heavy atom. The Labute approximate surface area is 162 Å². The molecule has 0 fully saturated rings. The van der Waals surface area contributed by atoms with E-state index in [1.54, 1.807) is 0 Å². The minimum absolute atomic E-state index is 0.103. The first-order valence-electron chi connectivity index (χ1n) is 10.6. The van der Waals surface area contributed by atoms with E-state index in [4.69, 9.17) is 4.74 Å². The summed E-state index contributed by atoms with van der Waals surface area (Å²) in [5, 5.41) is 0. The smallest absolute Gasteiger partial charge is 0.355 e. The van der Waals surface area contributed by atoms with E-state index in [1.807, 2.05) is 4.98 Å². The number of nitrogens with one attached hydrogen (secondary N) is 2. The lowest BCUT2D eigenvalue weighted by molar-refractivity contribution is 0.0490. The molecule has 0 amide bonds. The Kier molecular flexibility index (Phi) is 13.1. The Bertz CT molecular complexity index is 593. The largest absolute Gasteiger partial charge is 0.461 e. The minimum atomic E-state index is -0.703. The topological polar surface area (TPSA) is 92.0 Å². The molecule has 6 heteroatoms. The zero-order valence-corrected chi connectivity index (χ0v) is 16.8. The molecule has 1 heterocycles. The molecule has 0 unspecified atom stereocenters. The Morgan fingerprint density at radius 2 is 1.26 bits per heavy atom. The van der Waals surface area contributed by atoms with Crippen molar-refractivity contribution in [3.05, 3.63) is 32.6 Å². The van der Waals surface area contributed by atoms with E-state index in [0.717, 1.165) is 25.3 Å². The predicted octanol–water partition coefficient (Wildman–Crippen LogP) is 4.70. The molecule has 0 radical (unpaired) electrons. The van der Waals surface area contributed by atoms with Crippen LogP contribution in [0.5, 0.6) is 0 Å². The van der Waals surface area contributed by atoms with Gasteiger partial charge in [-0.15, -0.1) is 0 Å². The Balaban J connectivity index is 1.89. The first-order chi connectivity index (χ1) is 13.1. The average Bonchev–Trinajstić information content (AvgIpc) is 2.64. The summed E-state index contributed by atoms with van der Waals surface area (Å²) < 4.78 is 5.08. The normalized spacial score (nSPS) is 10.9. The second-order valence-corrected chi connectivity index (χ2v) is 7.23. The van der Waals surface area contributed by atoms with Gasteiger partial charge in [0.05, 0.1) is 6.61 Å². The fourth-order valence-corrected chi connectivity index (χ4v) is 3.12. The number of H-pyrrole nitrogens is 2. The maximum absolute atomic E-state index is 11.7. The fraction of sp³-hybridized carbons (Fsp3) is 0.762. The summed E-state index contributed by atoms with van der Waals surface area (Å²) in [4.78, 5) is 38.3. The van der Waals surface area contributed by atoms with E-state index in [-0.39, 0.29) is 5.69 Å². The summed E-state index contributed by atoms with van der Waals surface area (Å²) in [5.74, 6) is -0.659. The summed E-state index contributed by atoms with van der Waals surface area (Å²) in [7, 11) is 0. The molecule has 0 aliphatic carbocycles. The van der Waals surface area contributed by atoms with Crippen molar-refractivity contribution in [2.75, 3.05) is 6.61 Å². The van der Waals surface area contributed by atoms with E-state index in [2.05, 4.69) is 11.9 Å². The zero-order chi connectivity index (χ0) is 19.7. The van der Waals surface area contributed by atoms with Crippen molar-refractivity contribution in [3.8, 4) is 0 Å². The van der Waals surface area contributed by atoms with E-state index in [0.29, 0.717) is 6.61 Å². The van der Waals surface area contributed by atoms with E-state index >= 15 is 0 Å². The van der Waals surface area contributed by atoms with Gasteiger partial charge in [0.1, 0.15) is 5.69 Å². The lowest BCUT2D eigenvalue weighted by atomic mass is 10.0. The van der Waals surface area contributed by atoms with Crippen LogP contribution in [0.25, 0.3) is 0 Å². The highest BCUT2D eigenvalue weighted by molar-refractivity contribution is 5.86. The van der Waals surface area contributed by atoms with Gasteiger partial charge in [0.2, 0.25) is 0 Å². The SMILES string of the molecule is CCCCCCCCCCCCCCCCOC(=O)c1cc(=O)[nH]c(=O)[nH]1. The number of esters is 1. The number of ether oxygens (including phenoxy) is 1. The van der Waals surface area contributed by atoms with Crippen molar-refractivity contribution >= 4 is 5.97 Å². The van der Waals surface area contributed by atoms with Crippen LogP contribution in [0.3, 0.4) is 0 Å². The van der Waals surface area contributed by atoms with Crippen LogP contribution in [0.15, 0.2) is 15.7 Å². The van der Waals surface area contributed by atoms with Gasteiger partial charge in [-0.1, -0.05) is 90.4 Å². The van der Waals surface area contributed by atoms with Gasteiger partial charge in [0, 0.05) is 6.07 Å². The van der Waals surface area contributed by atoms with Gasteiger partial charge >= 0.3 is 11.7 Å². The van der Waals surface area contributed by atoms with Crippen LogP contribution in [-0.4, -0.2) is 22.5 Å². The number of hydrogen-bond donors (Lipinski definition) is 2. The van der Waals surface area contributed by atoms with E-state index in [1.165, 1.54) is 70.6 Å². The number of aromatic nitrogens is 2. The van der Waals surface area contributed by atoms with Crippen LogP contribution >= 0.6 is 0 Å². The van der Waals surface area contributed by atoms with E-state index < -0.39 is 17.2 Å². The molecule has 154 valence electrons. The van der Waals surface area contributed by atoms with Crippen LogP contribution in [0.2, 0.25) is 0 Å². The average molecular weight is 381 g/mol. The van der Waals surface area contributed by atoms with Crippen LogP contribution in [0, 0.1) is 0 Å². The van der Waals surface area contributed by atoms with Crippen LogP contribution in [0.4, 0.5) is 0 Å². The van der Waals surface area contributed by atoms with Gasteiger partial charge in [-0.3, -0.25) is 9.78 Å². The van der Waals surface area contributed by atoms with Crippen molar-refractivity contribution in [1.82, 2.24) is 9.97 Å². The number of carbonyl (C=O) groups excluding carboxylic acids is 1. The van der Waals surface area contributed by atoms with E-state index in [9.17, 15) is 14.4 Å². The van der Waals surface area contributed by atoms with Crippen molar-refractivity contribution in [3.63, 3.8) is 0 Å². The molecule has 0 saturated heterocycles. The van der Waals surface area contributed by atoms with Crippen LogP contribution < -0.4 is 11.2 Å². The minimum Gasteiger partial charge on any atom is -0.461 e. The first kappa shape index (κ1) is 23.2. The Morgan fingerprint density at radius 3 is 1.74 bits per heavy atom. The Hall–Kier alpha value is -1.85. The third-order valence-corrected chi connectivity index (χ3v) is 4.71. The standard InChI is InChI=1S/C21H36N2O4/c1-2-3-4-5-6-7-8-9-10-11-12-13-14-15-16-27-20(25)18-17-19(24)23-21(26)22-18/h17H,2-16H2,1H3,(H2,22,23,24,26). The fourth-order valence-electron chi connectivity index (χ4n) is 3.12. The molecule has 1 aromatic rings. The quantitative estimate of drug-likeness (QED) is 0.321. The number of unbranched alkanes of at least 4 members (excludes halogenated alkanes) is 13. The van der Waals surface area contributed by atoms with Gasteiger partial charge in [0.25, 0.3) is 5.56 Å². The first-order valence-corrected chi connectivity index (χ1v) is 10.6. The van der Waals surface area contributed by atoms with Crippen molar-refractivity contribution in [1.29, 1.82) is 0 Å². The van der Waals surface area contributed by atoms with Gasteiger partial charge in [-0.2, -0.15) is 0 Å². The highest BCUT2D eigenvalue weighted by Gasteiger charge is 2.09.